The van der Waals surface area contributed by atoms with Crippen LogP contribution in [0.4, 0.5) is 0 Å². The Labute approximate surface area is 79.7 Å². The molecule has 1 heterocycles. The average molecular weight is 179 g/mol. The molecule has 2 rings (SSSR count). The van der Waals surface area contributed by atoms with Crippen LogP contribution in [0, 0.1) is 11.3 Å². The van der Waals surface area contributed by atoms with Crippen LogP contribution < -0.4 is 5.32 Å². The number of rotatable bonds is 3. The van der Waals surface area contributed by atoms with Gasteiger partial charge >= 0.3 is 0 Å². The summed E-state index contributed by atoms with van der Waals surface area (Å²) >= 11 is 0. The van der Waals surface area contributed by atoms with Crippen LogP contribution in [-0.4, -0.2) is 36.6 Å². The van der Waals surface area contributed by atoms with Crippen LogP contribution in [0.3, 0.4) is 0 Å². The maximum atomic E-state index is 8.46. The monoisotopic (exact) mass is 179 g/mol. The fourth-order valence-electron chi connectivity index (χ4n) is 2.13. The van der Waals surface area contributed by atoms with Gasteiger partial charge in [0.05, 0.1) is 12.6 Å². The van der Waals surface area contributed by atoms with Crippen LogP contribution in [0.2, 0.25) is 0 Å². The lowest BCUT2D eigenvalue weighted by molar-refractivity contribution is 0.185. The molecule has 1 aliphatic heterocycles. The number of hydrogen-bond donors (Lipinski definition) is 1. The molecule has 0 aromatic carbocycles. The van der Waals surface area contributed by atoms with Gasteiger partial charge in [0.2, 0.25) is 0 Å². The Morgan fingerprint density at radius 3 is 2.92 bits per heavy atom. The summed E-state index contributed by atoms with van der Waals surface area (Å²) < 4.78 is 0. The van der Waals surface area contributed by atoms with Crippen molar-refractivity contribution in [3.8, 4) is 6.07 Å². The molecule has 0 bridgehead atoms. The second kappa shape index (κ2) is 4.08. The summed E-state index contributed by atoms with van der Waals surface area (Å²) in [5, 5.41) is 11.7. The van der Waals surface area contributed by atoms with Gasteiger partial charge in [0.1, 0.15) is 0 Å². The lowest BCUT2D eigenvalue weighted by Crippen LogP contribution is -2.46. The van der Waals surface area contributed by atoms with Crippen molar-refractivity contribution in [1.82, 2.24) is 10.2 Å². The third-order valence-electron chi connectivity index (χ3n) is 2.99. The molecule has 0 aromatic heterocycles. The van der Waals surface area contributed by atoms with Crippen LogP contribution >= 0.6 is 0 Å². The van der Waals surface area contributed by atoms with Gasteiger partial charge in [0, 0.05) is 18.6 Å². The van der Waals surface area contributed by atoms with Crippen molar-refractivity contribution >= 4 is 0 Å². The first-order valence-corrected chi connectivity index (χ1v) is 5.24. The van der Waals surface area contributed by atoms with E-state index in [9.17, 15) is 0 Å². The van der Waals surface area contributed by atoms with Crippen LogP contribution in [0.1, 0.15) is 25.7 Å². The number of piperidine rings is 1. The second-order valence-electron chi connectivity index (χ2n) is 4.10. The Morgan fingerprint density at radius 2 is 2.23 bits per heavy atom. The van der Waals surface area contributed by atoms with E-state index in [1.807, 2.05) is 0 Å². The highest BCUT2D eigenvalue weighted by molar-refractivity contribution is 4.90. The number of likely N-dealkylation sites (tertiary alicyclic amines) is 1. The molecule has 13 heavy (non-hydrogen) atoms. The van der Waals surface area contributed by atoms with Crippen molar-refractivity contribution in [1.29, 1.82) is 5.26 Å². The van der Waals surface area contributed by atoms with E-state index in [0.717, 1.165) is 12.6 Å². The molecule has 3 heteroatoms. The lowest BCUT2D eigenvalue weighted by atomic mass is 10.1. The van der Waals surface area contributed by atoms with E-state index in [0.29, 0.717) is 12.6 Å². The first-order chi connectivity index (χ1) is 6.40. The van der Waals surface area contributed by atoms with E-state index in [1.165, 1.54) is 32.2 Å². The fourth-order valence-corrected chi connectivity index (χ4v) is 2.13. The van der Waals surface area contributed by atoms with Crippen molar-refractivity contribution in [2.75, 3.05) is 19.6 Å². The van der Waals surface area contributed by atoms with E-state index < -0.39 is 0 Å². The van der Waals surface area contributed by atoms with Crippen LogP contribution in [-0.2, 0) is 0 Å². The fraction of sp³-hybridized carbons (Fsp3) is 0.900. The molecule has 1 atom stereocenters. The maximum absolute atomic E-state index is 8.46. The summed E-state index contributed by atoms with van der Waals surface area (Å²) in [5.41, 5.74) is 0. The standard InChI is InChI=1S/C10H17N3/c11-5-6-12-9-2-1-7-13(8-9)10-3-4-10/h9-10,12H,1-4,6-8H2. The van der Waals surface area contributed by atoms with Gasteiger partial charge < -0.3 is 5.32 Å². The second-order valence-corrected chi connectivity index (χ2v) is 4.10. The van der Waals surface area contributed by atoms with Gasteiger partial charge in [-0.05, 0) is 32.2 Å². The van der Waals surface area contributed by atoms with Gasteiger partial charge in [-0.1, -0.05) is 0 Å². The highest BCUT2D eigenvalue weighted by Crippen LogP contribution is 2.29. The van der Waals surface area contributed by atoms with Gasteiger partial charge in [0.25, 0.3) is 0 Å². The molecule has 1 saturated heterocycles. The van der Waals surface area contributed by atoms with Crippen LogP contribution in [0.25, 0.3) is 0 Å². The van der Waals surface area contributed by atoms with Gasteiger partial charge in [-0.25, -0.2) is 0 Å². The molecule has 3 nitrogen and oxygen atoms in total. The van der Waals surface area contributed by atoms with Gasteiger partial charge in [-0.3, -0.25) is 4.90 Å². The summed E-state index contributed by atoms with van der Waals surface area (Å²) in [5.74, 6) is 0. The predicted molar refractivity (Wildman–Crippen MR) is 51.2 cm³/mol. The molecule has 0 aromatic rings. The minimum absolute atomic E-state index is 0.503. The minimum Gasteiger partial charge on any atom is -0.300 e. The first-order valence-electron chi connectivity index (χ1n) is 5.24. The number of nitriles is 1. The van der Waals surface area contributed by atoms with Crippen molar-refractivity contribution in [2.24, 2.45) is 0 Å². The molecular formula is C10H17N3. The van der Waals surface area contributed by atoms with Crippen molar-refractivity contribution in [3.63, 3.8) is 0 Å². The normalized spacial score (nSPS) is 29.9. The van der Waals surface area contributed by atoms with Crippen LogP contribution in [0.5, 0.6) is 0 Å². The van der Waals surface area contributed by atoms with Crippen molar-refractivity contribution in [3.05, 3.63) is 0 Å². The maximum Gasteiger partial charge on any atom is 0.0843 e. The summed E-state index contributed by atoms with van der Waals surface area (Å²) in [7, 11) is 0. The summed E-state index contributed by atoms with van der Waals surface area (Å²) in [4.78, 5) is 2.58. The van der Waals surface area contributed by atoms with Gasteiger partial charge in [-0.15, -0.1) is 0 Å². The number of nitrogens with one attached hydrogen (secondary N) is 1. The third-order valence-corrected chi connectivity index (χ3v) is 2.99. The minimum atomic E-state index is 0.503. The highest BCUT2D eigenvalue weighted by atomic mass is 15.2. The number of nitrogens with zero attached hydrogens (tertiary/aromatic N) is 2. The molecule has 72 valence electrons. The molecule has 0 spiro atoms. The zero-order valence-electron chi connectivity index (χ0n) is 8.00. The summed E-state index contributed by atoms with van der Waals surface area (Å²) in [6.07, 6.45) is 5.32. The SMILES string of the molecule is N#CCNC1CCCN(C2CC2)C1. The van der Waals surface area contributed by atoms with Gasteiger partial charge in [0.15, 0.2) is 0 Å². The van der Waals surface area contributed by atoms with Crippen molar-refractivity contribution in [2.45, 2.75) is 37.8 Å². The Kier molecular flexibility index (Phi) is 2.82. The van der Waals surface area contributed by atoms with Gasteiger partial charge in [-0.2, -0.15) is 5.26 Å². The topological polar surface area (TPSA) is 39.1 Å². The average Bonchev–Trinajstić information content (AvgIpc) is 2.98. The molecule has 2 fully saturated rings. The molecule has 1 N–H and O–H groups in total. The Bertz CT molecular complexity index is 205. The van der Waals surface area contributed by atoms with E-state index >= 15 is 0 Å². The summed E-state index contributed by atoms with van der Waals surface area (Å²) in [6, 6.07) is 3.59. The smallest absolute Gasteiger partial charge is 0.0843 e. The molecule has 0 amide bonds. The highest BCUT2D eigenvalue weighted by Gasteiger charge is 2.32. The zero-order valence-corrected chi connectivity index (χ0v) is 8.00. The Balaban J connectivity index is 1.75. The third kappa shape index (κ3) is 2.43. The molecule has 1 aliphatic carbocycles. The Morgan fingerprint density at radius 1 is 1.38 bits per heavy atom. The van der Waals surface area contributed by atoms with Crippen LogP contribution in [0.15, 0.2) is 0 Å². The predicted octanol–water partition coefficient (Wildman–Crippen LogP) is 0.726. The molecule has 1 unspecified atom stereocenters. The molecule has 1 saturated carbocycles. The lowest BCUT2D eigenvalue weighted by Gasteiger charge is -2.32. The largest absolute Gasteiger partial charge is 0.300 e. The van der Waals surface area contributed by atoms with E-state index in [-0.39, 0.29) is 0 Å². The number of hydrogen-bond acceptors (Lipinski definition) is 3. The molecule has 2 aliphatic rings. The summed E-state index contributed by atoms with van der Waals surface area (Å²) in [6.45, 7) is 2.94. The van der Waals surface area contributed by atoms with E-state index in [1.54, 1.807) is 0 Å². The van der Waals surface area contributed by atoms with E-state index in [4.69, 9.17) is 5.26 Å². The zero-order chi connectivity index (χ0) is 9.10. The van der Waals surface area contributed by atoms with Crippen molar-refractivity contribution < 1.29 is 0 Å². The first kappa shape index (κ1) is 8.98. The molecular weight excluding hydrogens is 162 g/mol. The quantitative estimate of drug-likeness (QED) is 0.649. The Hall–Kier alpha value is -0.590. The molecule has 0 radical (unpaired) electrons. The van der Waals surface area contributed by atoms with E-state index in [2.05, 4.69) is 16.3 Å².